The van der Waals surface area contributed by atoms with E-state index in [0.717, 1.165) is 0 Å². The van der Waals surface area contributed by atoms with Gasteiger partial charge in [0, 0.05) is 6.54 Å². The smallest absolute Gasteiger partial charge is 0.416 e. The third-order valence-electron chi connectivity index (χ3n) is 5.68. The SMILES string of the molecule is CCN(C(=O)OC(C)(C)C)C1=N[C@@H]2[C@H](F)[C@H](O)[C@@H](CO[Si](C)(C)C(C)(C)C)O[C@@H]2S1. The minimum Gasteiger partial charge on any atom is -0.443 e. The Labute approximate surface area is 184 Å². The highest BCUT2D eigenvalue weighted by Gasteiger charge is 2.51. The van der Waals surface area contributed by atoms with Crippen molar-refractivity contribution in [1.29, 1.82) is 0 Å². The summed E-state index contributed by atoms with van der Waals surface area (Å²) in [5, 5.41) is 10.8. The second-order valence-corrected chi connectivity index (χ2v) is 16.2. The van der Waals surface area contributed by atoms with Gasteiger partial charge >= 0.3 is 6.09 Å². The zero-order valence-electron chi connectivity index (χ0n) is 19.6. The zero-order chi connectivity index (χ0) is 23.1. The van der Waals surface area contributed by atoms with Crippen molar-refractivity contribution in [2.75, 3.05) is 13.2 Å². The van der Waals surface area contributed by atoms with Crippen molar-refractivity contribution >= 4 is 31.3 Å². The van der Waals surface area contributed by atoms with Crippen molar-refractivity contribution in [1.82, 2.24) is 4.90 Å². The number of aliphatic hydroxyl groups is 1. The quantitative estimate of drug-likeness (QED) is 0.629. The molecule has 0 aliphatic carbocycles. The molecule has 0 aromatic rings. The molecule has 0 radical (unpaired) electrons. The molecular weight excluding hydrogens is 427 g/mol. The van der Waals surface area contributed by atoms with E-state index in [-0.39, 0.29) is 11.6 Å². The Balaban J connectivity index is 2.08. The van der Waals surface area contributed by atoms with E-state index >= 15 is 4.39 Å². The summed E-state index contributed by atoms with van der Waals surface area (Å²) in [5.41, 5.74) is -1.27. The van der Waals surface area contributed by atoms with Gasteiger partial charge in [-0.25, -0.2) is 9.18 Å². The Bertz CT molecular complexity index is 665. The van der Waals surface area contributed by atoms with Gasteiger partial charge in [0.05, 0.1) is 6.61 Å². The van der Waals surface area contributed by atoms with Crippen molar-refractivity contribution in [3.05, 3.63) is 0 Å². The molecule has 1 N–H and O–H groups in total. The second kappa shape index (κ2) is 9.05. The number of thioether (sulfide) groups is 1. The molecule has 1 amide bonds. The number of carbonyl (C=O) groups is 1. The molecule has 10 heteroatoms. The third kappa shape index (κ3) is 5.76. The lowest BCUT2D eigenvalue weighted by molar-refractivity contribution is -0.143. The standard InChI is InChI=1S/C20H37FN2O5SSi/c1-10-23(18(25)28-19(2,3)4)17-22-14-13(21)15(24)12(27-16(14)29-17)11-26-30(8,9)20(5,6)7/h12-16,24H,10-11H2,1-9H3/t12-,13+,14-,15-,16-/m1/s1. The van der Waals surface area contributed by atoms with Gasteiger partial charge < -0.3 is 19.0 Å². The van der Waals surface area contributed by atoms with Crippen LogP contribution in [-0.4, -0.2) is 78.2 Å². The first-order chi connectivity index (χ1) is 13.6. The number of fused-ring (bicyclic) bond motifs is 1. The number of rotatable bonds is 4. The first-order valence-electron chi connectivity index (χ1n) is 10.4. The topological polar surface area (TPSA) is 80.6 Å². The summed E-state index contributed by atoms with van der Waals surface area (Å²) in [4.78, 5) is 18.2. The van der Waals surface area contributed by atoms with E-state index in [1.165, 1.54) is 16.7 Å². The number of hydrogen-bond donors (Lipinski definition) is 1. The minimum atomic E-state index is -2.07. The molecular formula is C20H37FN2O5SSi. The number of aliphatic imine (C=N–C) groups is 1. The monoisotopic (exact) mass is 464 g/mol. The number of aliphatic hydroxyl groups excluding tert-OH is 1. The van der Waals surface area contributed by atoms with Crippen LogP contribution in [0.5, 0.6) is 0 Å². The third-order valence-corrected chi connectivity index (χ3v) is 11.3. The normalized spacial score (nSPS) is 30.0. The average Bonchev–Trinajstić information content (AvgIpc) is 2.98. The summed E-state index contributed by atoms with van der Waals surface area (Å²) in [6.45, 7) is 18.2. The molecule has 30 heavy (non-hydrogen) atoms. The molecule has 5 atom stereocenters. The van der Waals surface area contributed by atoms with Gasteiger partial charge in [0.1, 0.15) is 29.3 Å². The van der Waals surface area contributed by atoms with Crippen LogP contribution in [0.2, 0.25) is 18.1 Å². The van der Waals surface area contributed by atoms with Gasteiger partial charge in [-0.1, -0.05) is 32.5 Å². The summed E-state index contributed by atoms with van der Waals surface area (Å²) in [6, 6.07) is -0.874. The molecule has 0 aromatic carbocycles. The van der Waals surface area contributed by atoms with Crippen LogP contribution in [0, 0.1) is 0 Å². The molecule has 2 aliphatic heterocycles. The molecule has 174 valence electrons. The lowest BCUT2D eigenvalue weighted by atomic mass is 10.0. The van der Waals surface area contributed by atoms with E-state index in [1.54, 1.807) is 27.7 Å². The molecule has 1 fully saturated rings. The van der Waals surface area contributed by atoms with Crippen LogP contribution in [0.4, 0.5) is 9.18 Å². The Kier molecular flexibility index (Phi) is 7.72. The van der Waals surface area contributed by atoms with E-state index in [0.29, 0.717) is 11.7 Å². The van der Waals surface area contributed by atoms with Gasteiger partial charge in [-0.05, 0) is 45.8 Å². The fourth-order valence-electron chi connectivity index (χ4n) is 2.82. The van der Waals surface area contributed by atoms with Crippen molar-refractivity contribution in [3.8, 4) is 0 Å². The molecule has 2 aliphatic rings. The highest BCUT2D eigenvalue weighted by Crippen LogP contribution is 2.41. The largest absolute Gasteiger partial charge is 0.443 e. The molecule has 0 spiro atoms. The summed E-state index contributed by atoms with van der Waals surface area (Å²) >= 11 is 1.19. The predicted molar refractivity (Wildman–Crippen MR) is 120 cm³/mol. The van der Waals surface area contributed by atoms with Crippen LogP contribution in [0.25, 0.3) is 0 Å². The van der Waals surface area contributed by atoms with Gasteiger partial charge in [0.15, 0.2) is 19.7 Å². The first-order valence-corrected chi connectivity index (χ1v) is 14.2. The number of amidine groups is 1. The van der Waals surface area contributed by atoms with Crippen LogP contribution in [-0.2, 0) is 13.9 Å². The Morgan fingerprint density at radius 3 is 2.40 bits per heavy atom. The number of alkyl halides is 1. The van der Waals surface area contributed by atoms with E-state index < -0.39 is 49.9 Å². The van der Waals surface area contributed by atoms with E-state index in [2.05, 4.69) is 38.9 Å². The van der Waals surface area contributed by atoms with Gasteiger partial charge in [0.25, 0.3) is 0 Å². The highest BCUT2D eigenvalue weighted by molar-refractivity contribution is 8.14. The fourth-order valence-corrected chi connectivity index (χ4v) is 5.10. The number of amides is 1. The fraction of sp³-hybridized carbons (Fsp3) is 0.900. The second-order valence-electron chi connectivity index (χ2n) is 10.3. The molecule has 1 saturated heterocycles. The number of hydrogen-bond acceptors (Lipinski definition) is 7. The van der Waals surface area contributed by atoms with E-state index in [1.807, 2.05) is 0 Å². The molecule has 2 heterocycles. The van der Waals surface area contributed by atoms with Gasteiger partial charge in [0.2, 0.25) is 0 Å². The Morgan fingerprint density at radius 1 is 1.30 bits per heavy atom. The van der Waals surface area contributed by atoms with Crippen LogP contribution >= 0.6 is 11.8 Å². The average molecular weight is 465 g/mol. The number of carbonyl (C=O) groups excluding carboxylic acids is 1. The predicted octanol–water partition coefficient (Wildman–Crippen LogP) is 4.16. The van der Waals surface area contributed by atoms with Gasteiger partial charge in [-0.3, -0.25) is 9.89 Å². The van der Waals surface area contributed by atoms with E-state index in [9.17, 15) is 9.90 Å². The molecule has 0 aromatic heterocycles. The van der Waals surface area contributed by atoms with Gasteiger partial charge in [-0.15, -0.1) is 0 Å². The molecule has 2 rings (SSSR count). The summed E-state index contributed by atoms with van der Waals surface area (Å²) in [7, 11) is -2.07. The maximum absolute atomic E-state index is 15.0. The molecule has 0 saturated carbocycles. The maximum Gasteiger partial charge on any atom is 0.416 e. The summed E-state index contributed by atoms with van der Waals surface area (Å²) in [5.74, 6) is 0. The van der Waals surface area contributed by atoms with Crippen molar-refractivity contribution in [3.63, 3.8) is 0 Å². The number of halogens is 1. The first kappa shape index (κ1) is 25.6. The van der Waals surface area contributed by atoms with Crippen LogP contribution in [0.3, 0.4) is 0 Å². The van der Waals surface area contributed by atoms with Gasteiger partial charge in [-0.2, -0.15) is 0 Å². The summed E-state index contributed by atoms with van der Waals surface area (Å²) < 4.78 is 32.6. The highest BCUT2D eigenvalue weighted by atomic mass is 32.2. The summed E-state index contributed by atoms with van der Waals surface area (Å²) in [6.07, 6.45) is -4.26. The lowest BCUT2D eigenvalue weighted by Crippen LogP contribution is -2.55. The number of nitrogens with zero attached hydrogens (tertiary/aromatic N) is 2. The minimum absolute atomic E-state index is 0.00228. The molecule has 7 nitrogen and oxygen atoms in total. The lowest BCUT2D eigenvalue weighted by Gasteiger charge is -2.41. The van der Waals surface area contributed by atoms with Crippen molar-refractivity contribution < 1.29 is 28.2 Å². The van der Waals surface area contributed by atoms with Crippen LogP contribution in [0.1, 0.15) is 48.5 Å². The van der Waals surface area contributed by atoms with E-state index in [4.69, 9.17) is 13.9 Å². The zero-order valence-corrected chi connectivity index (χ0v) is 21.4. The number of ether oxygens (including phenoxy) is 2. The van der Waals surface area contributed by atoms with Crippen LogP contribution < -0.4 is 0 Å². The molecule has 0 unspecified atom stereocenters. The van der Waals surface area contributed by atoms with Crippen molar-refractivity contribution in [2.24, 2.45) is 4.99 Å². The van der Waals surface area contributed by atoms with Crippen LogP contribution in [0.15, 0.2) is 4.99 Å². The molecule has 0 bridgehead atoms. The Morgan fingerprint density at radius 2 is 1.90 bits per heavy atom. The Hall–Kier alpha value is -0.683. The van der Waals surface area contributed by atoms with Crippen molar-refractivity contribution in [2.45, 2.75) is 102 Å². The maximum atomic E-state index is 15.0.